The van der Waals surface area contributed by atoms with Crippen molar-refractivity contribution in [1.82, 2.24) is 10.3 Å². The van der Waals surface area contributed by atoms with Crippen LogP contribution in [0.1, 0.15) is 20.8 Å². The van der Waals surface area contributed by atoms with Gasteiger partial charge in [0.15, 0.2) is 6.61 Å². The van der Waals surface area contributed by atoms with E-state index < -0.39 is 12.8 Å². The van der Waals surface area contributed by atoms with Crippen LogP contribution in [-0.2, 0) is 6.54 Å². The summed E-state index contributed by atoms with van der Waals surface area (Å²) in [6.45, 7) is 0.300. The predicted molar refractivity (Wildman–Crippen MR) is 93.5 cm³/mol. The van der Waals surface area contributed by atoms with E-state index in [0.29, 0.717) is 26.1 Å². The number of nitrogens with zero attached hydrogens (tertiary/aromatic N) is 1. The van der Waals surface area contributed by atoms with E-state index in [2.05, 4.69) is 15.0 Å². The zero-order chi connectivity index (χ0) is 19.6. The minimum absolute atomic E-state index is 0.0693. The molecule has 0 aliphatic rings. The number of carbonyl (C=O) groups is 1. The summed E-state index contributed by atoms with van der Waals surface area (Å²) < 4.78 is 55.8. The molecule has 2 aromatic heterocycles. The highest BCUT2D eigenvalue weighted by atomic mass is 32.1. The standard InChI is InChI=1S/C18H14F4N2O2S/c1-10-15-12(19)3-2-4-13(15)27-16(10)17(25)24-8-11-5-6-23-14(7-11)26-9-18(20,21)22/h2-7H,8-9H2,1H3,(H,24,25). The second kappa shape index (κ2) is 7.51. The predicted octanol–water partition coefficient (Wildman–Crippen LogP) is 4.61. The summed E-state index contributed by atoms with van der Waals surface area (Å²) in [6, 6.07) is 7.53. The van der Waals surface area contributed by atoms with Gasteiger partial charge in [0.05, 0.1) is 4.88 Å². The first-order valence-corrected chi connectivity index (χ1v) is 8.66. The fraction of sp³-hybridized carbons (Fsp3) is 0.222. The molecule has 1 amide bonds. The largest absolute Gasteiger partial charge is 0.468 e. The fourth-order valence-corrected chi connectivity index (χ4v) is 3.67. The van der Waals surface area contributed by atoms with Gasteiger partial charge in [-0.15, -0.1) is 11.3 Å². The van der Waals surface area contributed by atoms with Crippen molar-refractivity contribution in [3.05, 3.63) is 58.3 Å². The van der Waals surface area contributed by atoms with Crippen molar-refractivity contribution in [2.75, 3.05) is 6.61 Å². The first kappa shape index (κ1) is 19.1. The molecule has 0 bridgehead atoms. The number of alkyl halides is 3. The van der Waals surface area contributed by atoms with Gasteiger partial charge in [-0.2, -0.15) is 13.2 Å². The Balaban J connectivity index is 1.69. The van der Waals surface area contributed by atoms with E-state index in [-0.39, 0.29) is 24.1 Å². The van der Waals surface area contributed by atoms with Crippen molar-refractivity contribution in [2.45, 2.75) is 19.6 Å². The normalized spacial score (nSPS) is 11.6. The second-order valence-corrected chi connectivity index (χ2v) is 6.81. The van der Waals surface area contributed by atoms with Crippen LogP contribution in [0.25, 0.3) is 10.1 Å². The van der Waals surface area contributed by atoms with Crippen LogP contribution in [0.3, 0.4) is 0 Å². The molecule has 3 aromatic rings. The first-order chi connectivity index (χ1) is 12.7. The molecule has 0 saturated heterocycles. The van der Waals surface area contributed by atoms with Crippen molar-refractivity contribution < 1.29 is 27.1 Å². The molecule has 0 fully saturated rings. The van der Waals surface area contributed by atoms with Crippen molar-refractivity contribution in [2.24, 2.45) is 0 Å². The molecule has 0 atom stereocenters. The number of hydrogen-bond acceptors (Lipinski definition) is 4. The highest BCUT2D eigenvalue weighted by Crippen LogP contribution is 2.32. The highest BCUT2D eigenvalue weighted by Gasteiger charge is 2.28. The van der Waals surface area contributed by atoms with Gasteiger partial charge in [-0.1, -0.05) is 6.07 Å². The number of benzene rings is 1. The molecule has 0 spiro atoms. The summed E-state index contributed by atoms with van der Waals surface area (Å²) in [5.74, 6) is -0.956. The molecular weight excluding hydrogens is 384 g/mol. The lowest BCUT2D eigenvalue weighted by atomic mass is 10.1. The average molecular weight is 398 g/mol. The van der Waals surface area contributed by atoms with Gasteiger partial charge in [0, 0.05) is 28.9 Å². The number of nitrogens with one attached hydrogen (secondary N) is 1. The molecule has 0 aliphatic carbocycles. The van der Waals surface area contributed by atoms with Crippen LogP contribution in [0.2, 0.25) is 0 Å². The summed E-state index contributed by atoms with van der Waals surface area (Å²) in [7, 11) is 0. The third kappa shape index (κ3) is 4.54. The Morgan fingerprint density at radius 3 is 2.78 bits per heavy atom. The number of hydrogen-bond donors (Lipinski definition) is 1. The van der Waals surface area contributed by atoms with Crippen LogP contribution in [0, 0.1) is 12.7 Å². The van der Waals surface area contributed by atoms with Crippen LogP contribution in [-0.4, -0.2) is 23.7 Å². The van der Waals surface area contributed by atoms with E-state index in [1.54, 1.807) is 25.1 Å². The smallest absolute Gasteiger partial charge is 0.422 e. The Bertz CT molecular complexity index is 985. The van der Waals surface area contributed by atoms with Crippen molar-refractivity contribution in [3.63, 3.8) is 0 Å². The minimum Gasteiger partial charge on any atom is -0.468 e. The van der Waals surface area contributed by atoms with E-state index in [1.165, 1.54) is 29.7 Å². The van der Waals surface area contributed by atoms with E-state index >= 15 is 0 Å². The van der Waals surface area contributed by atoms with Crippen LogP contribution < -0.4 is 10.1 Å². The van der Waals surface area contributed by atoms with Gasteiger partial charge in [0.25, 0.3) is 5.91 Å². The third-order valence-electron chi connectivity index (χ3n) is 3.75. The summed E-state index contributed by atoms with van der Waals surface area (Å²) in [5, 5.41) is 3.10. The molecule has 0 saturated carbocycles. The molecule has 3 rings (SSSR count). The van der Waals surface area contributed by atoms with E-state index in [1.807, 2.05) is 0 Å². The topological polar surface area (TPSA) is 51.2 Å². The quantitative estimate of drug-likeness (QED) is 0.639. The summed E-state index contributed by atoms with van der Waals surface area (Å²) in [6.07, 6.45) is -3.16. The summed E-state index contributed by atoms with van der Waals surface area (Å²) >= 11 is 1.18. The molecule has 2 heterocycles. The van der Waals surface area contributed by atoms with Gasteiger partial charge < -0.3 is 10.1 Å². The number of rotatable bonds is 5. The molecule has 1 N–H and O–H groups in total. The zero-order valence-electron chi connectivity index (χ0n) is 14.1. The van der Waals surface area contributed by atoms with Crippen molar-refractivity contribution in [1.29, 1.82) is 0 Å². The molecule has 0 unspecified atom stereocenters. The lowest BCUT2D eigenvalue weighted by Crippen LogP contribution is -2.23. The maximum absolute atomic E-state index is 13.9. The lowest BCUT2D eigenvalue weighted by Gasteiger charge is -2.09. The monoisotopic (exact) mass is 398 g/mol. The number of pyridine rings is 1. The summed E-state index contributed by atoms with van der Waals surface area (Å²) in [5.41, 5.74) is 1.08. The number of thiophene rings is 1. The van der Waals surface area contributed by atoms with Crippen LogP contribution in [0.5, 0.6) is 5.88 Å². The van der Waals surface area contributed by atoms with Crippen LogP contribution in [0.15, 0.2) is 36.5 Å². The number of aryl methyl sites for hydroxylation is 1. The van der Waals surface area contributed by atoms with Crippen molar-refractivity contribution >= 4 is 27.3 Å². The Kier molecular flexibility index (Phi) is 5.31. The number of carbonyl (C=O) groups excluding carboxylic acids is 1. The van der Waals surface area contributed by atoms with Gasteiger partial charge in [-0.25, -0.2) is 9.37 Å². The molecular formula is C18H14F4N2O2S. The fourth-order valence-electron chi connectivity index (χ4n) is 2.53. The first-order valence-electron chi connectivity index (χ1n) is 7.85. The Hall–Kier alpha value is -2.68. The molecule has 9 heteroatoms. The van der Waals surface area contributed by atoms with Gasteiger partial charge in [-0.05, 0) is 36.2 Å². The highest BCUT2D eigenvalue weighted by molar-refractivity contribution is 7.21. The Morgan fingerprint density at radius 2 is 2.07 bits per heavy atom. The maximum atomic E-state index is 13.9. The van der Waals surface area contributed by atoms with E-state index in [9.17, 15) is 22.4 Å². The second-order valence-electron chi connectivity index (χ2n) is 5.76. The number of ether oxygens (including phenoxy) is 1. The van der Waals surface area contributed by atoms with Gasteiger partial charge in [0.2, 0.25) is 5.88 Å². The van der Waals surface area contributed by atoms with Crippen molar-refractivity contribution in [3.8, 4) is 5.88 Å². The lowest BCUT2D eigenvalue weighted by molar-refractivity contribution is -0.154. The zero-order valence-corrected chi connectivity index (χ0v) is 14.9. The number of aromatic nitrogens is 1. The Labute approximate surface area is 155 Å². The number of halogens is 4. The molecule has 142 valence electrons. The van der Waals surface area contributed by atoms with Gasteiger partial charge in [-0.3, -0.25) is 4.79 Å². The molecule has 0 radical (unpaired) electrons. The SMILES string of the molecule is Cc1c(C(=O)NCc2ccnc(OCC(F)(F)F)c2)sc2cccc(F)c12. The number of amides is 1. The Morgan fingerprint density at radius 1 is 1.30 bits per heavy atom. The van der Waals surface area contributed by atoms with Crippen LogP contribution >= 0.6 is 11.3 Å². The molecule has 27 heavy (non-hydrogen) atoms. The van der Waals surface area contributed by atoms with Gasteiger partial charge >= 0.3 is 6.18 Å². The van der Waals surface area contributed by atoms with E-state index in [4.69, 9.17) is 0 Å². The van der Waals surface area contributed by atoms with E-state index in [0.717, 1.165) is 0 Å². The molecule has 1 aromatic carbocycles. The molecule has 0 aliphatic heterocycles. The number of fused-ring (bicyclic) bond motifs is 1. The third-order valence-corrected chi connectivity index (χ3v) is 5.00. The maximum Gasteiger partial charge on any atom is 0.422 e. The average Bonchev–Trinajstić information content (AvgIpc) is 2.96. The molecule has 4 nitrogen and oxygen atoms in total. The summed E-state index contributed by atoms with van der Waals surface area (Å²) in [4.78, 5) is 16.5. The van der Waals surface area contributed by atoms with Crippen LogP contribution in [0.4, 0.5) is 17.6 Å². The minimum atomic E-state index is -4.46. The van der Waals surface area contributed by atoms with Gasteiger partial charge in [0.1, 0.15) is 5.82 Å².